The Kier molecular flexibility index (Phi) is 6.69. The van der Waals surface area contributed by atoms with Gasteiger partial charge in [-0.1, -0.05) is 53.5 Å². The van der Waals surface area contributed by atoms with E-state index in [0.29, 0.717) is 35.4 Å². The first-order valence-corrected chi connectivity index (χ1v) is 10.5. The van der Waals surface area contributed by atoms with Crippen molar-refractivity contribution >= 4 is 23.2 Å². The Morgan fingerprint density at radius 3 is 2.52 bits per heavy atom. The minimum atomic E-state index is 0.424. The monoisotopic (exact) mass is 447 g/mol. The van der Waals surface area contributed by atoms with Crippen molar-refractivity contribution in [1.82, 2.24) is 9.55 Å². The SMILES string of the molecule is N#Cc1ccc(Cn2cncc2COCc2ccc(Cl)cc2-c2cccc(Cl)c2)cc1. The molecular formula is C25H19Cl2N3O. The van der Waals surface area contributed by atoms with Gasteiger partial charge in [0.2, 0.25) is 0 Å². The Morgan fingerprint density at radius 1 is 0.935 bits per heavy atom. The molecular weight excluding hydrogens is 429 g/mol. The minimum Gasteiger partial charge on any atom is -0.370 e. The zero-order valence-corrected chi connectivity index (χ0v) is 18.1. The van der Waals surface area contributed by atoms with Crippen molar-refractivity contribution in [2.75, 3.05) is 0 Å². The lowest BCUT2D eigenvalue weighted by Crippen LogP contribution is -2.05. The van der Waals surface area contributed by atoms with E-state index in [1.54, 1.807) is 6.33 Å². The molecule has 0 N–H and O–H groups in total. The molecule has 0 radical (unpaired) electrons. The fourth-order valence-corrected chi connectivity index (χ4v) is 3.72. The highest BCUT2D eigenvalue weighted by Crippen LogP contribution is 2.29. The summed E-state index contributed by atoms with van der Waals surface area (Å²) in [5, 5.41) is 10.3. The van der Waals surface area contributed by atoms with E-state index in [2.05, 4.69) is 11.1 Å². The lowest BCUT2D eigenvalue weighted by molar-refractivity contribution is 0.103. The normalized spacial score (nSPS) is 10.7. The smallest absolute Gasteiger partial charge is 0.0991 e. The number of nitriles is 1. The van der Waals surface area contributed by atoms with Gasteiger partial charge in [-0.3, -0.25) is 0 Å². The van der Waals surface area contributed by atoms with Gasteiger partial charge in [-0.25, -0.2) is 4.98 Å². The number of imidazole rings is 1. The molecule has 6 heteroatoms. The molecule has 0 amide bonds. The highest BCUT2D eigenvalue weighted by atomic mass is 35.5. The van der Waals surface area contributed by atoms with Crippen LogP contribution in [0.4, 0.5) is 0 Å². The van der Waals surface area contributed by atoms with Crippen molar-refractivity contribution in [3.63, 3.8) is 0 Å². The van der Waals surface area contributed by atoms with Gasteiger partial charge in [0.15, 0.2) is 0 Å². The minimum absolute atomic E-state index is 0.424. The van der Waals surface area contributed by atoms with Crippen LogP contribution in [-0.4, -0.2) is 9.55 Å². The van der Waals surface area contributed by atoms with E-state index in [4.69, 9.17) is 33.2 Å². The van der Waals surface area contributed by atoms with Crippen molar-refractivity contribution in [2.24, 2.45) is 0 Å². The number of rotatable bonds is 7. The maximum absolute atomic E-state index is 8.95. The predicted octanol–water partition coefficient (Wildman–Crippen LogP) is 6.49. The van der Waals surface area contributed by atoms with Crippen LogP contribution in [0.3, 0.4) is 0 Å². The Hall–Kier alpha value is -3.10. The second-order valence-corrected chi connectivity index (χ2v) is 8.00. The topological polar surface area (TPSA) is 50.8 Å². The van der Waals surface area contributed by atoms with E-state index in [1.807, 2.05) is 77.5 Å². The van der Waals surface area contributed by atoms with E-state index >= 15 is 0 Å². The molecule has 0 spiro atoms. The molecule has 0 saturated heterocycles. The van der Waals surface area contributed by atoms with E-state index in [-0.39, 0.29) is 0 Å². The zero-order valence-electron chi connectivity index (χ0n) is 16.6. The number of halogens is 2. The van der Waals surface area contributed by atoms with Crippen LogP contribution in [0.25, 0.3) is 11.1 Å². The number of ether oxygens (including phenoxy) is 1. The van der Waals surface area contributed by atoms with Crippen LogP contribution in [0.5, 0.6) is 0 Å². The molecule has 4 rings (SSSR count). The van der Waals surface area contributed by atoms with Crippen molar-refractivity contribution in [2.45, 2.75) is 19.8 Å². The molecule has 0 aliphatic carbocycles. The molecule has 0 bridgehead atoms. The quantitative estimate of drug-likeness (QED) is 0.325. The molecule has 0 saturated carbocycles. The fraction of sp³-hybridized carbons (Fsp3) is 0.120. The van der Waals surface area contributed by atoms with Gasteiger partial charge in [-0.2, -0.15) is 5.26 Å². The number of hydrogen-bond acceptors (Lipinski definition) is 3. The number of nitrogens with zero attached hydrogens (tertiary/aromatic N) is 3. The summed E-state index contributed by atoms with van der Waals surface area (Å²) in [5.41, 5.74) is 5.75. The summed E-state index contributed by atoms with van der Waals surface area (Å²) >= 11 is 12.4. The Morgan fingerprint density at radius 2 is 1.74 bits per heavy atom. The summed E-state index contributed by atoms with van der Waals surface area (Å²) in [7, 11) is 0. The molecule has 0 fully saturated rings. The Balaban J connectivity index is 1.45. The summed E-state index contributed by atoms with van der Waals surface area (Å²) in [6.07, 6.45) is 3.60. The third-order valence-electron chi connectivity index (χ3n) is 4.95. The molecule has 4 nitrogen and oxygen atoms in total. The van der Waals surface area contributed by atoms with Crippen LogP contribution in [-0.2, 0) is 24.5 Å². The van der Waals surface area contributed by atoms with Gasteiger partial charge in [0.25, 0.3) is 0 Å². The second kappa shape index (κ2) is 9.80. The highest BCUT2D eigenvalue weighted by molar-refractivity contribution is 6.31. The van der Waals surface area contributed by atoms with Crippen molar-refractivity contribution in [3.05, 3.63) is 112 Å². The summed E-state index contributed by atoms with van der Waals surface area (Å²) in [4.78, 5) is 4.26. The van der Waals surface area contributed by atoms with Gasteiger partial charge in [0.1, 0.15) is 0 Å². The van der Waals surface area contributed by atoms with Crippen LogP contribution in [0.2, 0.25) is 10.0 Å². The standard InChI is InChI=1S/C25H19Cl2N3O/c26-22-3-1-2-20(10-22)25-11-23(27)9-8-21(25)15-31-16-24-13-29-17-30(24)14-19-6-4-18(12-28)5-7-19/h1-11,13,17H,14-16H2. The Bertz CT molecular complexity index is 1230. The second-order valence-electron chi connectivity index (χ2n) is 7.13. The lowest BCUT2D eigenvalue weighted by atomic mass is 10.0. The maximum atomic E-state index is 8.95. The van der Waals surface area contributed by atoms with Crippen molar-refractivity contribution in [3.8, 4) is 17.2 Å². The molecule has 3 aromatic carbocycles. The van der Waals surface area contributed by atoms with E-state index < -0.39 is 0 Å². The third kappa shape index (κ3) is 5.34. The molecule has 0 aliphatic heterocycles. The van der Waals surface area contributed by atoms with E-state index in [1.165, 1.54) is 0 Å². The number of benzene rings is 3. The van der Waals surface area contributed by atoms with Gasteiger partial charge >= 0.3 is 0 Å². The molecule has 4 aromatic rings. The summed E-state index contributed by atoms with van der Waals surface area (Å²) in [5.74, 6) is 0. The zero-order chi connectivity index (χ0) is 21.6. The maximum Gasteiger partial charge on any atom is 0.0991 e. The first-order chi connectivity index (χ1) is 15.1. The molecule has 31 heavy (non-hydrogen) atoms. The predicted molar refractivity (Wildman–Crippen MR) is 123 cm³/mol. The molecule has 1 heterocycles. The Labute approximate surface area is 191 Å². The van der Waals surface area contributed by atoms with Crippen LogP contribution in [0.15, 0.2) is 79.3 Å². The molecule has 0 aliphatic rings. The van der Waals surface area contributed by atoms with Crippen LogP contribution < -0.4 is 0 Å². The number of hydrogen-bond donors (Lipinski definition) is 0. The van der Waals surface area contributed by atoms with Gasteiger partial charge in [0.05, 0.1) is 43.1 Å². The largest absolute Gasteiger partial charge is 0.370 e. The summed E-state index contributed by atoms with van der Waals surface area (Å²) in [6.45, 7) is 1.52. The average molecular weight is 448 g/mol. The van der Waals surface area contributed by atoms with Crippen molar-refractivity contribution in [1.29, 1.82) is 5.26 Å². The molecule has 1 aromatic heterocycles. The third-order valence-corrected chi connectivity index (χ3v) is 5.42. The first kappa shape index (κ1) is 21.1. The van der Waals surface area contributed by atoms with Gasteiger partial charge < -0.3 is 9.30 Å². The molecule has 0 atom stereocenters. The van der Waals surface area contributed by atoms with Crippen LogP contribution >= 0.6 is 23.2 Å². The summed E-state index contributed by atoms with van der Waals surface area (Å²) in [6, 6.07) is 23.2. The molecule has 0 unspecified atom stereocenters. The van der Waals surface area contributed by atoms with E-state index in [9.17, 15) is 0 Å². The van der Waals surface area contributed by atoms with Crippen molar-refractivity contribution < 1.29 is 4.74 Å². The average Bonchev–Trinajstić information content (AvgIpc) is 3.22. The summed E-state index contributed by atoms with van der Waals surface area (Å²) < 4.78 is 8.07. The first-order valence-electron chi connectivity index (χ1n) is 9.72. The lowest BCUT2D eigenvalue weighted by Gasteiger charge is -2.13. The highest BCUT2D eigenvalue weighted by Gasteiger charge is 2.09. The van der Waals surface area contributed by atoms with Crippen LogP contribution in [0, 0.1) is 11.3 Å². The fourth-order valence-electron chi connectivity index (χ4n) is 3.36. The van der Waals surface area contributed by atoms with E-state index in [0.717, 1.165) is 27.9 Å². The van der Waals surface area contributed by atoms with Gasteiger partial charge in [-0.05, 0) is 58.7 Å². The number of aromatic nitrogens is 2. The van der Waals surface area contributed by atoms with Gasteiger partial charge in [-0.15, -0.1) is 0 Å². The molecule has 154 valence electrons. The van der Waals surface area contributed by atoms with Gasteiger partial charge in [0, 0.05) is 16.6 Å². The van der Waals surface area contributed by atoms with Crippen LogP contribution in [0.1, 0.15) is 22.4 Å².